The highest BCUT2D eigenvalue weighted by Crippen LogP contribution is 2.50. The summed E-state index contributed by atoms with van der Waals surface area (Å²) in [6.45, 7) is 0. The Bertz CT molecular complexity index is 1740. The molecule has 0 saturated heterocycles. The Kier molecular flexibility index (Phi) is 2.77. The molecule has 31 heavy (non-hydrogen) atoms. The highest BCUT2D eigenvalue weighted by Gasteiger charge is 2.29. The number of nitrogens with zero attached hydrogens (tertiary/aromatic N) is 2. The van der Waals surface area contributed by atoms with E-state index in [1.165, 1.54) is 66.2 Å². The highest BCUT2D eigenvalue weighted by molar-refractivity contribution is 6.16. The van der Waals surface area contributed by atoms with Gasteiger partial charge in [0.25, 0.3) is 0 Å². The van der Waals surface area contributed by atoms with E-state index in [0.29, 0.717) is 0 Å². The Morgan fingerprint density at radius 2 is 1.48 bits per heavy atom. The number of benzene rings is 4. The molecule has 2 heteroatoms. The van der Waals surface area contributed by atoms with Gasteiger partial charge in [0.1, 0.15) is 5.65 Å². The van der Waals surface area contributed by atoms with Gasteiger partial charge in [-0.25, -0.2) is 4.98 Å². The molecule has 2 heterocycles. The lowest BCUT2D eigenvalue weighted by molar-refractivity contribution is 1.24. The fourth-order valence-electron chi connectivity index (χ4n) is 6.09. The van der Waals surface area contributed by atoms with Gasteiger partial charge >= 0.3 is 0 Å². The maximum Gasteiger partial charge on any atom is 0.145 e. The first kappa shape index (κ1) is 15.9. The molecule has 0 radical (unpaired) electrons. The molecular weight excluding hydrogens is 376 g/mol. The molecule has 0 unspecified atom stereocenters. The van der Waals surface area contributed by atoms with Crippen molar-refractivity contribution in [3.05, 3.63) is 107 Å². The van der Waals surface area contributed by atoms with Gasteiger partial charge in [0.15, 0.2) is 0 Å². The maximum absolute atomic E-state index is 4.72. The molecule has 0 bridgehead atoms. The van der Waals surface area contributed by atoms with Crippen LogP contribution < -0.4 is 0 Å². The van der Waals surface area contributed by atoms with E-state index in [0.717, 1.165) is 18.5 Å². The second-order valence-corrected chi connectivity index (χ2v) is 8.79. The molecule has 4 aromatic carbocycles. The van der Waals surface area contributed by atoms with E-state index < -0.39 is 0 Å². The summed E-state index contributed by atoms with van der Waals surface area (Å²) < 4.78 is 2.22. The largest absolute Gasteiger partial charge is 0.299 e. The van der Waals surface area contributed by atoms with Crippen molar-refractivity contribution >= 4 is 27.3 Å². The van der Waals surface area contributed by atoms with Gasteiger partial charge in [0.2, 0.25) is 0 Å². The summed E-state index contributed by atoms with van der Waals surface area (Å²) in [5.74, 6) is 0. The number of aromatic nitrogens is 2. The number of rotatable bonds is 0. The van der Waals surface area contributed by atoms with Gasteiger partial charge in [-0.3, -0.25) is 4.40 Å². The van der Waals surface area contributed by atoms with Crippen molar-refractivity contribution in [3.8, 4) is 22.3 Å². The van der Waals surface area contributed by atoms with Crippen molar-refractivity contribution in [3.63, 3.8) is 0 Å². The molecule has 2 aliphatic rings. The molecule has 0 amide bonds. The maximum atomic E-state index is 4.72. The van der Waals surface area contributed by atoms with Crippen LogP contribution in [0, 0.1) is 0 Å². The van der Waals surface area contributed by atoms with Crippen LogP contribution in [0.15, 0.2) is 85.2 Å². The fourth-order valence-corrected chi connectivity index (χ4v) is 6.09. The number of imidazole rings is 1. The SMILES string of the molecule is c1ccc2c(c1)Cc1ccc3c(c1-2)Cc1c-3ccc2c1c1ccccc1n1ccnc21. The van der Waals surface area contributed by atoms with Crippen LogP contribution in [0.5, 0.6) is 0 Å². The number of fused-ring (bicyclic) bond motifs is 14. The van der Waals surface area contributed by atoms with E-state index >= 15 is 0 Å². The molecule has 2 aromatic heterocycles. The first-order valence-corrected chi connectivity index (χ1v) is 10.9. The topological polar surface area (TPSA) is 17.3 Å². The molecule has 0 fully saturated rings. The van der Waals surface area contributed by atoms with Crippen molar-refractivity contribution in [2.24, 2.45) is 0 Å². The number of para-hydroxylation sites is 1. The summed E-state index contributed by atoms with van der Waals surface area (Å²) in [6, 6.07) is 27.0. The zero-order valence-electron chi connectivity index (χ0n) is 16.9. The zero-order valence-corrected chi connectivity index (χ0v) is 16.9. The summed E-state index contributed by atoms with van der Waals surface area (Å²) in [5, 5.41) is 3.92. The van der Waals surface area contributed by atoms with Crippen LogP contribution in [0.2, 0.25) is 0 Å². The lowest BCUT2D eigenvalue weighted by Crippen LogP contribution is -1.94. The third-order valence-corrected chi connectivity index (χ3v) is 7.34. The van der Waals surface area contributed by atoms with Crippen molar-refractivity contribution in [2.75, 3.05) is 0 Å². The monoisotopic (exact) mass is 394 g/mol. The highest BCUT2D eigenvalue weighted by atomic mass is 15.0. The van der Waals surface area contributed by atoms with E-state index in [1.807, 2.05) is 6.20 Å². The van der Waals surface area contributed by atoms with Crippen LogP contribution in [0.3, 0.4) is 0 Å². The predicted molar refractivity (Wildman–Crippen MR) is 127 cm³/mol. The standard InChI is InChI=1S/C29H18N2/c1-2-6-19-17(5-1)15-18-9-10-20-21-11-12-23-28(25(21)16-24(20)27(18)19)22-7-3-4-8-26(22)31-14-13-30-29(23)31/h1-14H,15-16H2. The van der Waals surface area contributed by atoms with Crippen LogP contribution in [0.1, 0.15) is 22.3 Å². The van der Waals surface area contributed by atoms with E-state index in [9.17, 15) is 0 Å². The van der Waals surface area contributed by atoms with Crippen LogP contribution >= 0.6 is 0 Å². The molecule has 0 N–H and O–H groups in total. The van der Waals surface area contributed by atoms with Crippen molar-refractivity contribution < 1.29 is 0 Å². The van der Waals surface area contributed by atoms with Crippen LogP contribution in [-0.4, -0.2) is 9.38 Å². The molecule has 144 valence electrons. The van der Waals surface area contributed by atoms with Crippen LogP contribution in [0.25, 0.3) is 49.6 Å². The van der Waals surface area contributed by atoms with Gasteiger partial charge in [-0.2, -0.15) is 0 Å². The molecule has 0 aliphatic heterocycles. The minimum absolute atomic E-state index is 0.986. The Morgan fingerprint density at radius 3 is 2.48 bits per heavy atom. The normalized spacial score (nSPS) is 13.5. The van der Waals surface area contributed by atoms with Crippen molar-refractivity contribution in [1.82, 2.24) is 9.38 Å². The third-order valence-electron chi connectivity index (χ3n) is 7.34. The van der Waals surface area contributed by atoms with Gasteiger partial charge in [-0.15, -0.1) is 0 Å². The Balaban J connectivity index is 1.50. The second kappa shape index (κ2) is 5.41. The van der Waals surface area contributed by atoms with E-state index in [-0.39, 0.29) is 0 Å². The number of hydrogen-bond donors (Lipinski definition) is 0. The molecule has 6 aromatic rings. The van der Waals surface area contributed by atoms with E-state index in [4.69, 9.17) is 4.98 Å². The average molecular weight is 394 g/mol. The third kappa shape index (κ3) is 1.87. The lowest BCUT2D eigenvalue weighted by atomic mass is 9.95. The van der Waals surface area contributed by atoms with Crippen molar-refractivity contribution in [2.45, 2.75) is 12.8 Å². The lowest BCUT2D eigenvalue weighted by Gasteiger charge is -2.12. The summed E-state index contributed by atoms with van der Waals surface area (Å²) in [7, 11) is 0. The average Bonchev–Trinajstić information content (AvgIpc) is 3.53. The first-order chi connectivity index (χ1) is 15.4. The summed E-state index contributed by atoms with van der Waals surface area (Å²) >= 11 is 0. The molecular formula is C29H18N2. The molecule has 0 saturated carbocycles. The Labute approximate surface area is 179 Å². The summed E-state index contributed by atoms with van der Waals surface area (Å²) in [4.78, 5) is 4.72. The molecule has 8 rings (SSSR count). The molecule has 0 spiro atoms. The Morgan fingerprint density at radius 1 is 0.645 bits per heavy atom. The zero-order chi connectivity index (χ0) is 20.1. The molecule has 0 atom stereocenters. The van der Waals surface area contributed by atoms with Gasteiger partial charge < -0.3 is 0 Å². The predicted octanol–water partition coefficient (Wildman–Crippen LogP) is 6.78. The minimum atomic E-state index is 0.986. The quantitative estimate of drug-likeness (QED) is 0.259. The van der Waals surface area contributed by atoms with E-state index in [1.54, 1.807) is 0 Å². The number of hydrogen-bond acceptors (Lipinski definition) is 1. The van der Waals surface area contributed by atoms with Crippen molar-refractivity contribution in [1.29, 1.82) is 0 Å². The van der Waals surface area contributed by atoms with Gasteiger partial charge in [-0.1, -0.05) is 60.7 Å². The smallest absolute Gasteiger partial charge is 0.145 e. The molecule has 2 aliphatic carbocycles. The fraction of sp³-hybridized carbons (Fsp3) is 0.0690. The van der Waals surface area contributed by atoms with Gasteiger partial charge in [-0.05, 0) is 74.9 Å². The van der Waals surface area contributed by atoms with Gasteiger partial charge in [0.05, 0.1) is 5.52 Å². The van der Waals surface area contributed by atoms with Crippen LogP contribution in [0.4, 0.5) is 0 Å². The minimum Gasteiger partial charge on any atom is -0.299 e. The summed E-state index contributed by atoms with van der Waals surface area (Å²) in [5.41, 5.74) is 13.8. The second-order valence-electron chi connectivity index (χ2n) is 8.79. The summed E-state index contributed by atoms with van der Waals surface area (Å²) in [6.07, 6.45) is 6.02. The van der Waals surface area contributed by atoms with Crippen LogP contribution in [-0.2, 0) is 12.8 Å². The first-order valence-electron chi connectivity index (χ1n) is 10.9. The number of pyridine rings is 1. The van der Waals surface area contributed by atoms with Gasteiger partial charge in [0, 0.05) is 23.2 Å². The Hall–Kier alpha value is -3.91. The van der Waals surface area contributed by atoms with E-state index in [2.05, 4.69) is 83.4 Å². The molecule has 2 nitrogen and oxygen atoms in total.